The van der Waals surface area contributed by atoms with E-state index >= 15 is 0 Å². The number of nitrogens with zero attached hydrogens (tertiary/aromatic N) is 1. The van der Waals surface area contributed by atoms with E-state index in [2.05, 4.69) is 47.8 Å². The van der Waals surface area contributed by atoms with Crippen LogP contribution < -0.4 is 15.2 Å². The largest absolute Gasteiger partial charge is 0.454 e. The van der Waals surface area contributed by atoms with E-state index in [-0.39, 0.29) is 12.8 Å². The van der Waals surface area contributed by atoms with Crippen molar-refractivity contribution in [2.45, 2.75) is 19.9 Å². The summed E-state index contributed by atoms with van der Waals surface area (Å²) in [6.07, 6.45) is 0. The zero-order chi connectivity index (χ0) is 14.0. The molecule has 1 aromatic rings. The van der Waals surface area contributed by atoms with E-state index in [1.807, 2.05) is 6.07 Å². The van der Waals surface area contributed by atoms with Crippen molar-refractivity contribution >= 4 is 15.9 Å². The molecule has 2 rings (SSSR count). The van der Waals surface area contributed by atoms with Gasteiger partial charge >= 0.3 is 0 Å². The second-order valence-electron chi connectivity index (χ2n) is 5.32. The summed E-state index contributed by atoms with van der Waals surface area (Å²) in [5.41, 5.74) is 7.10. The molecular formula is C14H21BrN2O2. The zero-order valence-electron chi connectivity index (χ0n) is 11.6. The summed E-state index contributed by atoms with van der Waals surface area (Å²) >= 11 is 3.53. The average molecular weight is 329 g/mol. The van der Waals surface area contributed by atoms with Gasteiger partial charge in [0.05, 0.1) is 4.47 Å². The van der Waals surface area contributed by atoms with Crippen molar-refractivity contribution in [2.75, 3.05) is 26.9 Å². The number of halogens is 1. The van der Waals surface area contributed by atoms with E-state index in [1.165, 1.54) is 0 Å². The van der Waals surface area contributed by atoms with Crippen LogP contribution in [-0.2, 0) is 0 Å². The molecule has 19 heavy (non-hydrogen) atoms. The maximum absolute atomic E-state index is 5.95. The van der Waals surface area contributed by atoms with Crippen LogP contribution in [0.2, 0.25) is 0 Å². The Labute approximate surface area is 123 Å². The van der Waals surface area contributed by atoms with Crippen LogP contribution in [0.25, 0.3) is 0 Å². The SMILES string of the molecule is CC(C)CN(C)C(CN)c1cc(Br)c2c(c1)OCO2. The summed E-state index contributed by atoms with van der Waals surface area (Å²) < 4.78 is 11.8. The van der Waals surface area contributed by atoms with Gasteiger partial charge in [-0.1, -0.05) is 13.8 Å². The zero-order valence-corrected chi connectivity index (χ0v) is 13.2. The van der Waals surface area contributed by atoms with Gasteiger partial charge in [-0.25, -0.2) is 0 Å². The number of hydrogen-bond donors (Lipinski definition) is 1. The van der Waals surface area contributed by atoms with Crippen molar-refractivity contribution in [3.05, 3.63) is 22.2 Å². The Balaban J connectivity index is 2.26. The summed E-state index contributed by atoms with van der Waals surface area (Å²) in [6.45, 7) is 6.29. The standard InChI is InChI=1S/C14H21BrN2O2/c1-9(2)7-17(3)12(6-16)10-4-11(15)14-13(5-10)18-8-19-14/h4-5,9,12H,6-8,16H2,1-3H3. The molecule has 0 bridgehead atoms. The highest BCUT2D eigenvalue weighted by Gasteiger charge is 2.23. The van der Waals surface area contributed by atoms with Gasteiger partial charge in [-0.3, -0.25) is 4.90 Å². The van der Waals surface area contributed by atoms with E-state index < -0.39 is 0 Å². The highest BCUT2D eigenvalue weighted by atomic mass is 79.9. The summed E-state index contributed by atoms with van der Waals surface area (Å²) in [5, 5.41) is 0. The molecule has 5 heteroatoms. The van der Waals surface area contributed by atoms with Crippen LogP contribution in [-0.4, -0.2) is 31.8 Å². The third-order valence-electron chi connectivity index (χ3n) is 3.24. The number of fused-ring (bicyclic) bond motifs is 1. The first-order chi connectivity index (χ1) is 9.02. The van der Waals surface area contributed by atoms with Crippen LogP contribution >= 0.6 is 15.9 Å². The molecule has 2 N–H and O–H groups in total. The molecule has 1 heterocycles. The van der Waals surface area contributed by atoms with Gasteiger partial charge in [-0.2, -0.15) is 0 Å². The third-order valence-corrected chi connectivity index (χ3v) is 3.83. The number of benzene rings is 1. The molecule has 0 aliphatic carbocycles. The van der Waals surface area contributed by atoms with Gasteiger partial charge in [0.1, 0.15) is 0 Å². The Hall–Kier alpha value is -0.780. The highest BCUT2D eigenvalue weighted by Crippen LogP contribution is 2.41. The molecular weight excluding hydrogens is 308 g/mol. The van der Waals surface area contributed by atoms with Gasteiger partial charge in [0, 0.05) is 19.1 Å². The molecule has 0 spiro atoms. The summed E-state index contributed by atoms with van der Waals surface area (Å²) in [5.74, 6) is 2.18. The number of hydrogen-bond acceptors (Lipinski definition) is 4. The topological polar surface area (TPSA) is 47.7 Å². The maximum Gasteiger partial charge on any atom is 0.231 e. The Morgan fingerprint density at radius 1 is 1.37 bits per heavy atom. The van der Waals surface area contributed by atoms with Crippen molar-refractivity contribution in [1.29, 1.82) is 0 Å². The number of ether oxygens (including phenoxy) is 2. The monoisotopic (exact) mass is 328 g/mol. The predicted molar refractivity (Wildman–Crippen MR) is 79.5 cm³/mol. The number of nitrogens with two attached hydrogens (primary N) is 1. The lowest BCUT2D eigenvalue weighted by Gasteiger charge is -2.29. The molecule has 1 aromatic carbocycles. The van der Waals surface area contributed by atoms with Gasteiger partial charge in [0.25, 0.3) is 0 Å². The van der Waals surface area contributed by atoms with Gasteiger partial charge in [-0.15, -0.1) is 0 Å². The lowest BCUT2D eigenvalue weighted by Crippen LogP contribution is -2.33. The van der Waals surface area contributed by atoms with Crippen molar-refractivity contribution in [3.8, 4) is 11.5 Å². The fourth-order valence-corrected chi connectivity index (χ4v) is 3.03. The molecule has 0 radical (unpaired) electrons. The van der Waals surface area contributed by atoms with Crippen molar-refractivity contribution in [2.24, 2.45) is 11.7 Å². The molecule has 1 aliphatic rings. The van der Waals surface area contributed by atoms with E-state index in [0.29, 0.717) is 12.5 Å². The predicted octanol–water partition coefficient (Wildman–Crippen LogP) is 2.77. The smallest absolute Gasteiger partial charge is 0.231 e. The van der Waals surface area contributed by atoms with Crippen LogP contribution in [0.4, 0.5) is 0 Å². The first-order valence-electron chi connectivity index (χ1n) is 6.52. The minimum absolute atomic E-state index is 0.188. The Morgan fingerprint density at radius 2 is 2.11 bits per heavy atom. The summed E-state index contributed by atoms with van der Waals surface area (Å²) in [6, 6.07) is 4.29. The van der Waals surface area contributed by atoms with Crippen LogP contribution in [0, 0.1) is 5.92 Å². The van der Waals surface area contributed by atoms with Gasteiger partial charge in [0.2, 0.25) is 6.79 Å². The van der Waals surface area contributed by atoms with Gasteiger partial charge in [-0.05, 0) is 46.6 Å². The van der Waals surface area contributed by atoms with E-state index in [1.54, 1.807) is 0 Å². The van der Waals surface area contributed by atoms with Crippen LogP contribution in [0.5, 0.6) is 11.5 Å². The summed E-state index contributed by atoms with van der Waals surface area (Å²) in [7, 11) is 2.11. The molecule has 1 unspecified atom stereocenters. The average Bonchev–Trinajstić information content (AvgIpc) is 2.77. The fraction of sp³-hybridized carbons (Fsp3) is 0.571. The van der Waals surface area contributed by atoms with Crippen LogP contribution in [0.15, 0.2) is 16.6 Å². The Morgan fingerprint density at radius 3 is 2.74 bits per heavy atom. The molecule has 0 saturated carbocycles. The summed E-state index contributed by atoms with van der Waals surface area (Å²) in [4.78, 5) is 2.29. The van der Waals surface area contributed by atoms with E-state index in [4.69, 9.17) is 15.2 Å². The minimum atomic E-state index is 0.188. The molecule has 1 atom stereocenters. The van der Waals surface area contributed by atoms with Crippen LogP contribution in [0.3, 0.4) is 0 Å². The fourth-order valence-electron chi connectivity index (χ4n) is 2.45. The second kappa shape index (κ2) is 6.11. The maximum atomic E-state index is 5.95. The lowest BCUT2D eigenvalue weighted by molar-refractivity contribution is 0.173. The van der Waals surface area contributed by atoms with E-state index in [0.717, 1.165) is 28.1 Å². The number of likely N-dealkylation sites (N-methyl/N-ethyl adjacent to an activating group) is 1. The highest BCUT2D eigenvalue weighted by molar-refractivity contribution is 9.10. The normalized spacial score (nSPS) is 15.3. The first kappa shape index (κ1) is 14.6. The van der Waals surface area contributed by atoms with Crippen molar-refractivity contribution < 1.29 is 9.47 Å². The molecule has 0 amide bonds. The van der Waals surface area contributed by atoms with Crippen LogP contribution in [0.1, 0.15) is 25.5 Å². The van der Waals surface area contributed by atoms with Gasteiger partial charge in [0.15, 0.2) is 11.5 Å². The van der Waals surface area contributed by atoms with Crippen molar-refractivity contribution in [1.82, 2.24) is 4.90 Å². The Bertz CT molecular complexity index is 451. The lowest BCUT2D eigenvalue weighted by atomic mass is 10.0. The first-order valence-corrected chi connectivity index (χ1v) is 7.31. The third kappa shape index (κ3) is 3.22. The molecule has 0 aromatic heterocycles. The Kier molecular flexibility index (Phi) is 4.71. The molecule has 4 nitrogen and oxygen atoms in total. The van der Waals surface area contributed by atoms with E-state index in [9.17, 15) is 0 Å². The van der Waals surface area contributed by atoms with Crippen molar-refractivity contribution in [3.63, 3.8) is 0 Å². The molecule has 0 fully saturated rings. The van der Waals surface area contributed by atoms with Gasteiger partial charge < -0.3 is 15.2 Å². The second-order valence-corrected chi connectivity index (χ2v) is 6.18. The number of rotatable bonds is 5. The minimum Gasteiger partial charge on any atom is -0.454 e. The molecule has 1 aliphatic heterocycles. The quantitative estimate of drug-likeness (QED) is 0.902. The molecule has 0 saturated heterocycles. The molecule has 106 valence electrons.